The maximum Gasteiger partial charge on any atom is 0.0698 e. The van der Waals surface area contributed by atoms with Gasteiger partial charge in [-0.05, 0) is 31.0 Å². The second kappa shape index (κ2) is 7.33. The Hall–Kier alpha value is -0.970. The van der Waals surface area contributed by atoms with Crippen molar-refractivity contribution in [1.29, 1.82) is 0 Å². The van der Waals surface area contributed by atoms with Crippen molar-refractivity contribution < 1.29 is 9.84 Å². The van der Waals surface area contributed by atoms with Crippen molar-refractivity contribution in [3.63, 3.8) is 0 Å². The monoisotopic (exact) mass is 224 g/mol. The molecule has 90 valence electrons. The molecule has 0 spiro atoms. The summed E-state index contributed by atoms with van der Waals surface area (Å²) in [4.78, 5) is 4.12. The summed E-state index contributed by atoms with van der Waals surface area (Å²) in [5.74, 6) is 0. The number of hydrogen-bond donors (Lipinski definition) is 2. The highest BCUT2D eigenvalue weighted by Gasteiger charge is 2.06. The Labute approximate surface area is 96.7 Å². The molecule has 0 aliphatic carbocycles. The molecule has 0 saturated carbocycles. The summed E-state index contributed by atoms with van der Waals surface area (Å²) in [6, 6.07) is 2.28. The zero-order valence-corrected chi connectivity index (χ0v) is 9.94. The molecular formula is C12H20N2O2. The lowest BCUT2D eigenvalue weighted by Crippen LogP contribution is -2.24. The lowest BCUT2D eigenvalue weighted by Gasteiger charge is -2.15. The minimum Gasteiger partial charge on any atom is -0.394 e. The van der Waals surface area contributed by atoms with Crippen LogP contribution in [0.3, 0.4) is 0 Å². The summed E-state index contributed by atoms with van der Waals surface area (Å²) in [5, 5.41) is 11.9. The maximum atomic E-state index is 8.54. The van der Waals surface area contributed by atoms with Crippen LogP contribution in [0.4, 0.5) is 0 Å². The number of hydrogen-bond acceptors (Lipinski definition) is 4. The van der Waals surface area contributed by atoms with Gasteiger partial charge in [-0.25, -0.2) is 0 Å². The molecular weight excluding hydrogens is 204 g/mol. The average Bonchev–Trinajstić information content (AvgIpc) is 2.29. The summed E-state index contributed by atoms with van der Waals surface area (Å²) < 4.78 is 5.17. The third kappa shape index (κ3) is 4.26. The quantitative estimate of drug-likeness (QED) is 0.680. The van der Waals surface area contributed by atoms with Crippen LogP contribution in [0.5, 0.6) is 0 Å². The molecule has 0 aromatic carbocycles. The molecule has 0 saturated heterocycles. The molecule has 1 atom stereocenters. The van der Waals surface area contributed by atoms with E-state index in [0.717, 1.165) is 6.54 Å². The predicted molar refractivity (Wildman–Crippen MR) is 63.3 cm³/mol. The number of aliphatic hydroxyl groups excluding tert-OH is 1. The van der Waals surface area contributed by atoms with Gasteiger partial charge >= 0.3 is 0 Å². The van der Waals surface area contributed by atoms with Crippen LogP contribution in [0.1, 0.15) is 24.1 Å². The molecule has 1 aromatic heterocycles. The second-order valence-electron chi connectivity index (χ2n) is 3.74. The molecule has 0 bridgehead atoms. The maximum absolute atomic E-state index is 8.54. The molecule has 0 aliphatic rings. The van der Waals surface area contributed by atoms with Crippen molar-refractivity contribution in [3.8, 4) is 0 Å². The van der Waals surface area contributed by atoms with Gasteiger partial charge in [0.25, 0.3) is 0 Å². The van der Waals surface area contributed by atoms with E-state index < -0.39 is 0 Å². The first-order valence-electron chi connectivity index (χ1n) is 5.58. The van der Waals surface area contributed by atoms with Gasteiger partial charge in [-0.2, -0.15) is 0 Å². The third-order valence-corrected chi connectivity index (χ3v) is 2.48. The van der Waals surface area contributed by atoms with E-state index in [4.69, 9.17) is 9.84 Å². The van der Waals surface area contributed by atoms with Crippen LogP contribution >= 0.6 is 0 Å². The number of pyridine rings is 1. The van der Waals surface area contributed by atoms with E-state index in [0.29, 0.717) is 13.2 Å². The standard InChI is InChI=1S/C12H20N2O2/c1-10-3-4-13-9-12(10)11(2)14-5-7-16-8-6-15/h3-4,9,11,14-15H,5-8H2,1-2H3. The molecule has 16 heavy (non-hydrogen) atoms. The zero-order valence-electron chi connectivity index (χ0n) is 9.94. The molecule has 0 aliphatic heterocycles. The lowest BCUT2D eigenvalue weighted by molar-refractivity contribution is 0.0928. The third-order valence-electron chi connectivity index (χ3n) is 2.48. The first kappa shape index (κ1) is 13.1. The molecule has 1 unspecified atom stereocenters. The van der Waals surface area contributed by atoms with Gasteiger partial charge in [-0.3, -0.25) is 4.98 Å². The van der Waals surface area contributed by atoms with Gasteiger partial charge in [0.1, 0.15) is 0 Å². The number of aliphatic hydroxyl groups is 1. The zero-order chi connectivity index (χ0) is 11.8. The van der Waals surface area contributed by atoms with Crippen LogP contribution in [-0.4, -0.2) is 36.5 Å². The Morgan fingerprint density at radius 3 is 3.00 bits per heavy atom. The van der Waals surface area contributed by atoms with Crippen molar-refractivity contribution in [3.05, 3.63) is 29.6 Å². The van der Waals surface area contributed by atoms with Gasteiger partial charge in [0.2, 0.25) is 0 Å². The molecule has 0 fully saturated rings. The van der Waals surface area contributed by atoms with Gasteiger partial charge in [-0.1, -0.05) is 0 Å². The SMILES string of the molecule is Cc1ccncc1C(C)NCCOCCO. The number of nitrogens with one attached hydrogen (secondary N) is 1. The van der Waals surface area contributed by atoms with Crippen molar-refractivity contribution in [2.24, 2.45) is 0 Å². The molecule has 1 rings (SSSR count). The largest absolute Gasteiger partial charge is 0.394 e. The second-order valence-corrected chi connectivity index (χ2v) is 3.74. The van der Waals surface area contributed by atoms with Crippen LogP contribution in [0, 0.1) is 6.92 Å². The fraction of sp³-hybridized carbons (Fsp3) is 0.583. The number of aryl methyl sites for hydroxylation is 1. The number of ether oxygens (including phenoxy) is 1. The van der Waals surface area contributed by atoms with E-state index in [1.165, 1.54) is 11.1 Å². The summed E-state index contributed by atoms with van der Waals surface area (Å²) in [6.45, 7) is 6.06. The van der Waals surface area contributed by atoms with Crippen LogP contribution in [-0.2, 0) is 4.74 Å². The Morgan fingerprint density at radius 2 is 2.31 bits per heavy atom. The van der Waals surface area contributed by atoms with Gasteiger partial charge in [-0.15, -0.1) is 0 Å². The smallest absolute Gasteiger partial charge is 0.0698 e. The first-order chi connectivity index (χ1) is 7.75. The Kier molecular flexibility index (Phi) is 6.00. The van der Waals surface area contributed by atoms with E-state index >= 15 is 0 Å². The van der Waals surface area contributed by atoms with Crippen LogP contribution in [0.2, 0.25) is 0 Å². The predicted octanol–water partition coefficient (Wildman–Crippen LogP) is 1.05. The normalized spacial score (nSPS) is 12.7. The van der Waals surface area contributed by atoms with E-state index in [-0.39, 0.29) is 12.6 Å². The molecule has 0 radical (unpaired) electrons. The first-order valence-corrected chi connectivity index (χ1v) is 5.58. The van der Waals surface area contributed by atoms with E-state index in [9.17, 15) is 0 Å². The molecule has 1 aromatic rings. The van der Waals surface area contributed by atoms with Crippen molar-refractivity contribution in [2.45, 2.75) is 19.9 Å². The van der Waals surface area contributed by atoms with Crippen LogP contribution < -0.4 is 5.32 Å². The van der Waals surface area contributed by atoms with Crippen LogP contribution in [0.25, 0.3) is 0 Å². The van der Waals surface area contributed by atoms with Gasteiger partial charge in [0, 0.05) is 25.0 Å². The summed E-state index contributed by atoms with van der Waals surface area (Å²) in [5.41, 5.74) is 2.45. The van der Waals surface area contributed by atoms with Crippen molar-refractivity contribution in [2.75, 3.05) is 26.4 Å². The highest BCUT2D eigenvalue weighted by atomic mass is 16.5. The van der Waals surface area contributed by atoms with Gasteiger partial charge in [0.05, 0.1) is 19.8 Å². The van der Waals surface area contributed by atoms with E-state index in [1.807, 2.05) is 12.3 Å². The Bertz CT molecular complexity index is 305. The molecule has 1 heterocycles. The van der Waals surface area contributed by atoms with Crippen molar-refractivity contribution in [1.82, 2.24) is 10.3 Å². The minimum absolute atomic E-state index is 0.0806. The van der Waals surface area contributed by atoms with Gasteiger partial charge in [0.15, 0.2) is 0 Å². The summed E-state index contributed by atoms with van der Waals surface area (Å²) in [7, 11) is 0. The number of rotatable bonds is 7. The summed E-state index contributed by atoms with van der Waals surface area (Å²) >= 11 is 0. The molecule has 0 amide bonds. The molecule has 4 nitrogen and oxygen atoms in total. The van der Waals surface area contributed by atoms with Crippen LogP contribution in [0.15, 0.2) is 18.5 Å². The van der Waals surface area contributed by atoms with Gasteiger partial charge < -0.3 is 15.2 Å². The fourth-order valence-corrected chi connectivity index (χ4v) is 1.55. The molecule has 4 heteroatoms. The minimum atomic E-state index is 0.0806. The molecule has 2 N–H and O–H groups in total. The highest BCUT2D eigenvalue weighted by Crippen LogP contribution is 2.14. The van der Waals surface area contributed by atoms with Crippen molar-refractivity contribution >= 4 is 0 Å². The summed E-state index contributed by atoms with van der Waals surface area (Å²) in [6.07, 6.45) is 3.69. The van der Waals surface area contributed by atoms with E-state index in [1.54, 1.807) is 6.20 Å². The average molecular weight is 224 g/mol. The van der Waals surface area contributed by atoms with E-state index in [2.05, 4.69) is 24.1 Å². The highest BCUT2D eigenvalue weighted by molar-refractivity contribution is 5.24. The fourth-order valence-electron chi connectivity index (χ4n) is 1.55. The Morgan fingerprint density at radius 1 is 1.50 bits per heavy atom. The number of aromatic nitrogens is 1. The topological polar surface area (TPSA) is 54.4 Å². The lowest BCUT2D eigenvalue weighted by atomic mass is 10.1. The Balaban J connectivity index is 2.30. The number of nitrogens with zero attached hydrogens (tertiary/aromatic N) is 1.